The largest absolute Gasteiger partial charge is 0.339 e. The molecule has 0 radical (unpaired) electrons. The minimum atomic E-state index is -0.0668. The normalized spacial score (nSPS) is 14.1. The summed E-state index contributed by atoms with van der Waals surface area (Å²) >= 11 is 0. The first-order chi connectivity index (χ1) is 8.51. The van der Waals surface area contributed by atoms with Gasteiger partial charge < -0.3 is 10.6 Å². The van der Waals surface area contributed by atoms with Gasteiger partial charge in [0.2, 0.25) is 5.91 Å². The summed E-state index contributed by atoms with van der Waals surface area (Å²) in [4.78, 5) is 14.0. The number of rotatable bonds is 5. The molecule has 0 saturated heterocycles. The topological polar surface area (TPSA) is 46.3 Å². The molecule has 100 valence electrons. The summed E-state index contributed by atoms with van der Waals surface area (Å²) in [6.07, 6.45) is 0.792. The van der Waals surface area contributed by atoms with Crippen molar-refractivity contribution in [2.75, 3.05) is 13.6 Å². The van der Waals surface area contributed by atoms with E-state index in [9.17, 15) is 4.79 Å². The van der Waals surface area contributed by atoms with Crippen LogP contribution in [0.1, 0.15) is 37.4 Å². The molecule has 0 bridgehead atoms. The van der Waals surface area contributed by atoms with Gasteiger partial charge in [0, 0.05) is 13.6 Å². The molecule has 0 fully saturated rings. The van der Waals surface area contributed by atoms with Crippen LogP contribution in [0.5, 0.6) is 0 Å². The maximum Gasteiger partial charge on any atom is 0.227 e. The molecular weight excluding hydrogens is 224 g/mol. The van der Waals surface area contributed by atoms with Crippen molar-refractivity contribution >= 4 is 5.91 Å². The van der Waals surface area contributed by atoms with Crippen LogP contribution in [-0.2, 0) is 4.79 Å². The molecule has 0 aliphatic heterocycles. The molecule has 1 aromatic rings. The molecule has 0 heterocycles. The Kier molecular flexibility index (Phi) is 5.35. The second-order valence-corrected chi connectivity index (χ2v) is 4.88. The van der Waals surface area contributed by atoms with Gasteiger partial charge in [0.25, 0.3) is 0 Å². The van der Waals surface area contributed by atoms with Crippen LogP contribution in [0, 0.1) is 12.8 Å². The van der Waals surface area contributed by atoms with Gasteiger partial charge in [0.1, 0.15) is 0 Å². The molecule has 3 heteroatoms. The van der Waals surface area contributed by atoms with Crippen molar-refractivity contribution in [1.82, 2.24) is 4.90 Å². The standard InChI is InChI=1S/C15H24N2O/c1-5-13(10-16)15(18)17(4)12(3)14-8-6-11(2)7-9-14/h6-9,12-13H,5,10,16H2,1-4H3. The van der Waals surface area contributed by atoms with Gasteiger partial charge in [-0.05, 0) is 25.8 Å². The number of hydrogen-bond donors (Lipinski definition) is 1. The first-order valence-corrected chi connectivity index (χ1v) is 6.54. The summed E-state index contributed by atoms with van der Waals surface area (Å²) in [6.45, 7) is 6.52. The summed E-state index contributed by atoms with van der Waals surface area (Å²) in [5, 5.41) is 0. The molecule has 0 aromatic heterocycles. The minimum absolute atomic E-state index is 0.0668. The number of aryl methyl sites for hydroxylation is 1. The maximum atomic E-state index is 12.2. The average molecular weight is 248 g/mol. The van der Waals surface area contributed by atoms with Gasteiger partial charge in [-0.2, -0.15) is 0 Å². The zero-order valence-corrected chi connectivity index (χ0v) is 11.8. The zero-order valence-electron chi connectivity index (χ0n) is 11.8. The van der Waals surface area contributed by atoms with Crippen LogP contribution in [0.2, 0.25) is 0 Å². The highest BCUT2D eigenvalue weighted by molar-refractivity contribution is 5.79. The highest BCUT2D eigenvalue weighted by Crippen LogP contribution is 2.21. The molecule has 1 rings (SSSR count). The Labute approximate surface area is 110 Å². The predicted molar refractivity (Wildman–Crippen MR) is 75.2 cm³/mol. The van der Waals surface area contributed by atoms with Crippen molar-refractivity contribution in [3.8, 4) is 0 Å². The first kappa shape index (κ1) is 14.7. The van der Waals surface area contributed by atoms with E-state index in [-0.39, 0.29) is 17.9 Å². The van der Waals surface area contributed by atoms with Crippen LogP contribution in [0.3, 0.4) is 0 Å². The van der Waals surface area contributed by atoms with E-state index in [1.165, 1.54) is 5.56 Å². The first-order valence-electron chi connectivity index (χ1n) is 6.54. The van der Waals surface area contributed by atoms with E-state index >= 15 is 0 Å². The third kappa shape index (κ3) is 3.33. The van der Waals surface area contributed by atoms with Crippen LogP contribution >= 0.6 is 0 Å². The lowest BCUT2D eigenvalue weighted by atomic mass is 10.0. The Balaban J connectivity index is 2.80. The molecule has 2 unspecified atom stereocenters. The predicted octanol–water partition coefficient (Wildman–Crippen LogP) is 2.50. The third-order valence-electron chi connectivity index (χ3n) is 3.61. The number of carbonyl (C=O) groups excluding carboxylic acids is 1. The van der Waals surface area contributed by atoms with Gasteiger partial charge in [-0.3, -0.25) is 4.79 Å². The SMILES string of the molecule is CCC(CN)C(=O)N(C)C(C)c1ccc(C)cc1. The number of nitrogens with zero attached hydrogens (tertiary/aromatic N) is 1. The molecule has 0 saturated carbocycles. The minimum Gasteiger partial charge on any atom is -0.339 e. The van der Waals surface area contributed by atoms with Crippen LogP contribution in [0.4, 0.5) is 0 Å². The lowest BCUT2D eigenvalue weighted by Gasteiger charge is -2.28. The van der Waals surface area contributed by atoms with E-state index in [0.717, 1.165) is 12.0 Å². The van der Waals surface area contributed by atoms with Crippen LogP contribution in [0.15, 0.2) is 24.3 Å². The lowest BCUT2D eigenvalue weighted by Crippen LogP contribution is -2.37. The van der Waals surface area contributed by atoms with Gasteiger partial charge >= 0.3 is 0 Å². The Morgan fingerprint density at radius 3 is 2.33 bits per heavy atom. The van der Waals surface area contributed by atoms with E-state index in [4.69, 9.17) is 5.73 Å². The van der Waals surface area contributed by atoms with Gasteiger partial charge in [-0.25, -0.2) is 0 Å². The Bertz CT molecular complexity index is 382. The van der Waals surface area contributed by atoms with Crippen molar-refractivity contribution in [1.29, 1.82) is 0 Å². The Hall–Kier alpha value is -1.35. The lowest BCUT2D eigenvalue weighted by molar-refractivity contribution is -0.135. The van der Waals surface area contributed by atoms with Gasteiger partial charge in [-0.1, -0.05) is 36.8 Å². The van der Waals surface area contributed by atoms with Crippen LogP contribution < -0.4 is 5.73 Å². The highest BCUT2D eigenvalue weighted by atomic mass is 16.2. The second kappa shape index (κ2) is 6.55. The molecule has 2 N–H and O–H groups in total. The monoisotopic (exact) mass is 248 g/mol. The molecule has 0 aliphatic carbocycles. The number of hydrogen-bond acceptors (Lipinski definition) is 2. The fourth-order valence-corrected chi connectivity index (χ4v) is 1.99. The molecule has 18 heavy (non-hydrogen) atoms. The van der Waals surface area contributed by atoms with Crippen molar-refractivity contribution in [2.45, 2.75) is 33.2 Å². The second-order valence-electron chi connectivity index (χ2n) is 4.88. The molecular formula is C15H24N2O. The van der Waals surface area contributed by atoms with Crippen molar-refractivity contribution in [3.63, 3.8) is 0 Å². The molecule has 1 amide bonds. The Morgan fingerprint density at radius 2 is 1.89 bits per heavy atom. The van der Waals surface area contributed by atoms with E-state index in [2.05, 4.69) is 31.2 Å². The van der Waals surface area contributed by atoms with Gasteiger partial charge in [-0.15, -0.1) is 0 Å². The summed E-state index contributed by atoms with van der Waals surface area (Å²) in [7, 11) is 1.85. The molecule has 1 aromatic carbocycles. The number of nitrogens with two attached hydrogens (primary N) is 1. The van der Waals surface area contributed by atoms with Gasteiger partial charge in [0.05, 0.1) is 12.0 Å². The van der Waals surface area contributed by atoms with E-state index < -0.39 is 0 Å². The molecule has 3 nitrogen and oxygen atoms in total. The molecule has 2 atom stereocenters. The fraction of sp³-hybridized carbons (Fsp3) is 0.533. The van der Waals surface area contributed by atoms with E-state index in [1.807, 2.05) is 20.9 Å². The quantitative estimate of drug-likeness (QED) is 0.870. The summed E-state index contributed by atoms with van der Waals surface area (Å²) in [6, 6.07) is 8.38. The summed E-state index contributed by atoms with van der Waals surface area (Å²) in [5.41, 5.74) is 8.02. The third-order valence-corrected chi connectivity index (χ3v) is 3.61. The number of benzene rings is 1. The van der Waals surface area contributed by atoms with Gasteiger partial charge in [0.15, 0.2) is 0 Å². The number of carbonyl (C=O) groups is 1. The van der Waals surface area contributed by atoms with Crippen LogP contribution in [0.25, 0.3) is 0 Å². The van der Waals surface area contributed by atoms with Crippen molar-refractivity contribution in [3.05, 3.63) is 35.4 Å². The smallest absolute Gasteiger partial charge is 0.227 e. The molecule has 0 aliphatic rings. The highest BCUT2D eigenvalue weighted by Gasteiger charge is 2.23. The van der Waals surface area contributed by atoms with E-state index in [1.54, 1.807) is 4.90 Å². The van der Waals surface area contributed by atoms with Crippen molar-refractivity contribution < 1.29 is 4.79 Å². The molecule has 0 spiro atoms. The zero-order chi connectivity index (χ0) is 13.7. The fourth-order valence-electron chi connectivity index (χ4n) is 1.99. The Morgan fingerprint density at radius 1 is 1.33 bits per heavy atom. The number of amides is 1. The van der Waals surface area contributed by atoms with Crippen LogP contribution in [-0.4, -0.2) is 24.4 Å². The average Bonchev–Trinajstić information content (AvgIpc) is 2.39. The summed E-state index contributed by atoms with van der Waals surface area (Å²) in [5.74, 6) is 0.0657. The maximum absolute atomic E-state index is 12.2. The summed E-state index contributed by atoms with van der Waals surface area (Å²) < 4.78 is 0. The van der Waals surface area contributed by atoms with Crippen molar-refractivity contribution in [2.24, 2.45) is 11.7 Å². The van der Waals surface area contributed by atoms with E-state index in [0.29, 0.717) is 6.54 Å².